The maximum atomic E-state index is 7.48. The summed E-state index contributed by atoms with van der Waals surface area (Å²) < 4.78 is 22.0. The van der Waals surface area contributed by atoms with Crippen molar-refractivity contribution < 1.29 is 13.0 Å². The fourth-order valence-electron chi connectivity index (χ4n) is 5.04. The molecular weight excluding hydrogens is 416 g/mol. The Hall–Kier alpha value is -1.25. The second kappa shape index (κ2) is 6.64. The van der Waals surface area contributed by atoms with Crippen LogP contribution < -0.4 is 10.4 Å². The molecule has 0 amide bonds. The van der Waals surface area contributed by atoms with Crippen LogP contribution in [0.4, 0.5) is 0 Å². The van der Waals surface area contributed by atoms with Gasteiger partial charge in [-0.1, -0.05) is 87.4 Å². The molecule has 0 N–H and O–H groups in total. The average molecular weight is 455 g/mol. The molecule has 2 aromatic carbocycles. The van der Waals surface area contributed by atoms with Gasteiger partial charge in [0, 0.05) is 10.1 Å². The van der Waals surface area contributed by atoms with Gasteiger partial charge in [0.05, 0.1) is 11.2 Å². The zero-order valence-electron chi connectivity index (χ0n) is 20.8. The fraction of sp³-hybridized carbons (Fsp3) is 0.538. The van der Waals surface area contributed by atoms with E-state index in [1.54, 1.807) is 0 Å². The van der Waals surface area contributed by atoms with Gasteiger partial charge < -0.3 is 13.0 Å². The van der Waals surface area contributed by atoms with Gasteiger partial charge in [0.25, 0.3) is 0 Å². The van der Waals surface area contributed by atoms with Crippen molar-refractivity contribution in [1.29, 1.82) is 0 Å². The topological polar surface area (TPSA) is 27.7 Å². The first-order chi connectivity index (χ1) is 14.1. The SMILES string of the molecule is Cc1ccc([Si]23OC(C)(C)C(C)(C)O[Si](c4ccc(C)cc4)(O2)C(C)(C)C3(C)C)cc1. The molecule has 0 aromatic heterocycles. The van der Waals surface area contributed by atoms with Gasteiger partial charge in [-0.2, -0.15) is 0 Å². The quantitative estimate of drug-likeness (QED) is 0.561. The van der Waals surface area contributed by atoms with E-state index in [9.17, 15) is 0 Å². The van der Waals surface area contributed by atoms with Crippen LogP contribution in [0.15, 0.2) is 48.5 Å². The van der Waals surface area contributed by atoms with Crippen LogP contribution >= 0.6 is 0 Å². The van der Waals surface area contributed by atoms with Gasteiger partial charge in [-0.05, 0) is 51.9 Å². The lowest BCUT2D eigenvalue weighted by molar-refractivity contribution is -0.0870. The lowest BCUT2D eigenvalue weighted by Gasteiger charge is -2.54. The van der Waals surface area contributed by atoms with Crippen molar-refractivity contribution in [2.24, 2.45) is 0 Å². The fourth-order valence-corrected chi connectivity index (χ4v) is 17.9. The summed E-state index contributed by atoms with van der Waals surface area (Å²) in [6, 6.07) is 17.7. The van der Waals surface area contributed by atoms with Crippen molar-refractivity contribution in [2.75, 3.05) is 0 Å². The smallest absolute Gasteiger partial charge is 0.370 e. The van der Waals surface area contributed by atoms with Crippen LogP contribution in [-0.4, -0.2) is 28.3 Å². The zero-order valence-corrected chi connectivity index (χ0v) is 22.8. The van der Waals surface area contributed by atoms with Crippen LogP contribution in [0.2, 0.25) is 10.1 Å². The molecule has 2 unspecified atom stereocenters. The van der Waals surface area contributed by atoms with Crippen LogP contribution in [0.1, 0.15) is 66.5 Å². The minimum atomic E-state index is -2.95. The van der Waals surface area contributed by atoms with Gasteiger partial charge in [0.1, 0.15) is 0 Å². The monoisotopic (exact) mass is 454 g/mol. The number of hydrogen-bond donors (Lipinski definition) is 0. The largest absolute Gasteiger partial charge is 0.407 e. The third kappa shape index (κ3) is 2.87. The van der Waals surface area contributed by atoms with Gasteiger partial charge in [-0.15, -0.1) is 0 Å². The maximum Gasteiger partial charge on any atom is 0.370 e. The molecule has 5 heteroatoms. The van der Waals surface area contributed by atoms with E-state index in [4.69, 9.17) is 13.0 Å². The van der Waals surface area contributed by atoms with Crippen LogP contribution in [0.3, 0.4) is 0 Å². The molecule has 2 aliphatic heterocycles. The molecule has 0 saturated carbocycles. The van der Waals surface area contributed by atoms with Crippen molar-refractivity contribution in [1.82, 2.24) is 0 Å². The molecule has 0 aliphatic carbocycles. The molecular formula is C26H38O3Si2. The minimum Gasteiger partial charge on any atom is -0.407 e. The minimum absolute atomic E-state index is 0.208. The first kappa shape index (κ1) is 22.9. The summed E-state index contributed by atoms with van der Waals surface area (Å²) in [5, 5.41) is 1.99. The number of benzene rings is 2. The molecule has 2 atom stereocenters. The highest BCUT2D eigenvalue weighted by Crippen LogP contribution is 2.71. The maximum absolute atomic E-state index is 7.48. The summed E-state index contributed by atoms with van der Waals surface area (Å²) in [5.41, 5.74) is 1.49. The van der Waals surface area contributed by atoms with E-state index in [0.29, 0.717) is 0 Å². The normalized spacial score (nSPS) is 32.5. The Morgan fingerprint density at radius 2 is 0.806 bits per heavy atom. The van der Waals surface area contributed by atoms with E-state index in [1.165, 1.54) is 21.5 Å². The summed E-state index contributed by atoms with van der Waals surface area (Å²) in [7, 11) is -5.90. The molecule has 0 radical (unpaired) electrons. The summed E-state index contributed by atoms with van der Waals surface area (Å²) in [5.74, 6) is 0. The Bertz CT molecular complexity index is 911. The van der Waals surface area contributed by atoms with Gasteiger partial charge in [0.2, 0.25) is 0 Å². The van der Waals surface area contributed by atoms with Crippen molar-refractivity contribution in [3.63, 3.8) is 0 Å². The Balaban J connectivity index is 2.08. The predicted molar refractivity (Wildman–Crippen MR) is 133 cm³/mol. The van der Waals surface area contributed by atoms with Crippen LogP contribution in [0, 0.1) is 13.8 Å². The van der Waals surface area contributed by atoms with Crippen molar-refractivity contribution in [3.05, 3.63) is 59.7 Å². The van der Waals surface area contributed by atoms with E-state index in [1.807, 2.05) is 0 Å². The molecule has 0 spiro atoms. The van der Waals surface area contributed by atoms with E-state index in [0.717, 1.165) is 0 Å². The average Bonchev–Trinajstić information content (AvgIpc) is 2.73. The Labute approximate surface area is 190 Å². The molecule has 168 valence electrons. The number of rotatable bonds is 2. The van der Waals surface area contributed by atoms with E-state index >= 15 is 0 Å². The van der Waals surface area contributed by atoms with Crippen molar-refractivity contribution in [3.8, 4) is 0 Å². The van der Waals surface area contributed by atoms with Gasteiger partial charge in [-0.3, -0.25) is 0 Å². The van der Waals surface area contributed by atoms with Crippen LogP contribution in [-0.2, 0) is 13.0 Å². The van der Waals surface area contributed by atoms with Crippen LogP contribution in [0.25, 0.3) is 0 Å². The van der Waals surface area contributed by atoms with Crippen LogP contribution in [0.5, 0.6) is 0 Å². The lowest BCUT2D eigenvalue weighted by Crippen LogP contribution is -2.66. The molecule has 4 rings (SSSR count). The Morgan fingerprint density at radius 3 is 1.10 bits per heavy atom. The third-order valence-corrected chi connectivity index (χ3v) is 19.5. The lowest BCUT2D eigenvalue weighted by atomic mass is 9.90. The molecule has 2 saturated heterocycles. The second-order valence-corrected chi connectivity index (χ2v) is 18.9. The summed E-state index contributed by atoms with van der Waals surface area (Å²) in [6.45, 7) is 22.3. The van der Waals surface area contributed by atoms with Gasteiger partial charge >= 0.3 is 17.1 Å². The Kier molecular flexibility index (Phi) is 4.91. The number of aryl methyl sites for hydroxylation is 2. The molecule has 3 nitrogen and oxygen atoms in total. The molecule has 2 bridgehead atoms. The number of hydrogen-bond acceptors (Lipinski definition) is 3. The standard InChI is InChI=1S/C26H38O3Si2/c1-19-11-15-21(16-12-19)30-25(7,8)26(9,10)31(29-30,22-17-13-20(2)14-18-22)28-24(5,6)23(3,4)27-30/h11-18H,1-10H3. The summed E-state index contributed by atoms with van der Waals surface area (Å²) >= 11 is 0. The van der Waals surface area contributed by atoms with E-state index in [2.05, 4.69) is 118 Å². The zero-order chi connectivity index (χ0) is 23.1. The molecule has 2 heterocycles. The molecule has 2 fully saturated rings. The first-order valence-electron chi connectivity index (χ1n) is 11.4. The third-order valence-electron chi connectivity index (χ3n) is 8.61. The van der Waals surface area contributed by atoms with Gasteiger partial charge in [-0.25, -0.2) is 0 Å². The highest BCUT2D eigenvalue weighted by atomic mass is 28.5. The highest BCUT2D eigenvalue weighted by Gasteiger charge is 2.82. The number of fused-ring (bicyclic) bond motifs is 2. The van der Waals surface area contributed by atoms with Gasteiger partial charge in [0.15, 0.2) is 0 Å². The molecule has 31 heavy (non-hydrogen) atoms. The van der Waals surface area contributed by atoms with Crippen molar-refractivity contribution >= 4 is 27.5 Å². The first-order valence-corrected chi connectivity index (χ1v) is 15.0. The van der Waals surface area contributed by atoms with E-state index < -0.39 is 28.3 Å². The van der Waals surface area contributed by atoms with E-state index in [-0.39, 0.29) is 10.1 Å². The summed E-state index contributed by atoms with van der Waals surface area (Å²) in [4.78, 5) is 0. The summed E-state index contributed by atoms with van der Waals surface area (Å²) in [6.07, 6.45) is 0. The molecule has 2 aliphatic rings. The highest BCUT2D eigenvalue weighted by molar-refractivity contribution is 7.01. The second-order valence-electron chi connectivity index (χ2n) is 11.5. The Morgan fingerprint density at radius 1 is 0.516 bits per heavy atom. The van der Waals surface area contributed by atoms with Crippen molar-refractivity contribution in [2.45, 2.75) is 90.5 Å². The predicted octanol–water partition coefficient (Wildman–Crippen LogP) is 5.50. The molecule has 2 aromatic rings.